The van der Waals surface area contributed by atoms with E-state index < -0.39 is 5.69 Å². The van der Waals surface area contributed by atoms with Crippen LogP contribution in [-0.2, 0) is 6.54 Å². The molecule has 0 saturated heterocycles. The monoisotopic (exact) mass is 332 g/mol. The van der Waals surface area contributed by atoms with Crippen molar-refractivity contribution >= 4 is 44.7 Å². The predicted octanol–water partition coefficient (Wildman–Crippen LogP) is 2.60. The van der Waals surface area contributed by atoms with E-state index in [4.69, 9.17) is 11.6 Å². The lowest BCUT2D eigenvalue weighted by molar-refractivity contribution is 0.0974. The van der Waals surface area contributed by atoms with Crippen molar-refractivity contribution in [2.24, 2.45) is 0 Å². The molecule has 2 aromatic heterocycles. The van der Waals surface area contributed by atoms with Crippen LogP contribution in [0.15, 0.2) is 33.1 Å². The van der Waals surface area contributed by atoms with Gasteiger partial charge in [0.15, 0.2) is 5.78 Å². The molecule has 0 N–H and O–H groups in total. The summed E-state index contributed by atoms with van der Waals surface area (Å²) in [5.74, 6) is -0.146. The standard InChI is InChI=1S/C10H6BrClN2O2S/c11-9-2-1-8(17-9)7(15)5-14-4-6(12)3-13-10(14)16/h1-4H,5H2. The smallest absolute Gasteiger partial charge is 0.291 e. The zero-order valence-corrected chi connectivity index (χ0v) is 11.6. The molecule has 0 saturated carbocycles. The van der Waals surface area contributed by atoms with E-state index in [1.807, 2.05) is 0 Å². The number of ketones is 1. The summed E-state index contributed by atoms with van der Waals surface area (Å²) in [7, 11) is 0. The van der Waals surface area contributed by atoms with Crippen molar-refractivity contribution in [3.05, 3.63) is 48.7 Å². The van der Waals surface area contributed by atoms with Gasteiger partial charge in [0.25, 0.3) is 0 Å². The SMILES string of the molecule is O=C(Cn1cc(Cl)cnc1=O)c1ccc(Br)s1. The molecule has 4 nitrogen and oxygen atoms in total. The molecular formula is C10H6BrClN2O2S. The van der Waals surface area contributed by atoms with Crippen molar-refractivity contribution in [2.75, 3.05) is 0 Å². The summed E-state index contributed by atoms with van der Waals surface area (Å²) >= 11 is 10.3. The van der Waals surface area contributed by atoms with Gasteiger partial charge in [0, 0.05) is 6.20 Å². The molecule has 0 fully saturated rings. The van der Waals surface area contributed by atoms with Gasteiger partial charge in [-0.25, -0.2) is 9.78 Å². The Morgan fingerprint density at radius 2 is 2.29 bits per heavy atom. The Bertz CT molecular complexity index is 623. The lowest BCUT2D eigenvalue weighted by Crippen LogP contribution is -2.25. The van der Waals surface area contributed by atoms with Gasteiger partial charge in [-0.05, 0) is 28.1 Å². The average molecular weight is 334 g/mol. The first-order valence-electron chi connectivity index (χ1n) is 4.57. The summed E-state index contributed by atoms with van der Waals surface area (Å²) in [5, 5.41) is 0.324. The fourth-order valence-electron chi connectivity index (χ4n) is 1.24. The van der Waals surface area contributed by atoms with Gasteiger partial charge in [-0.2, -0.15) is 0 Å². The number of hydrogen-bond acceptors (Lipinski definition) is 4. The second kappa shape index (κ2) is 5.12. The minimum Gasteiger partial charge on any atom is -0.291 e. The molecule has 0 aliphatic carbocycles. The van der Waals surface area contributed by atoms with Crippen molar-refractivity contribution in [3.8, 4) is 0 Å². The number of carbonyl (C=O) groups is 1. The third-order valence-corrected chi connectivity index (χ3v) is 3.85. The molecule has 17 heavy (non-hydrogen) atoms. The quantitative estimate of drug-likeness (QED) is 0.811. The van der Waals surface area contributed by atoms with Crippen LogP contribution in [0.25, 0.3) is 0 Å². The molecule has 0 atom stereocenters. The molecule has 0 bridgehead atoms. The van der Waals surface area contributed by atoms with Gasteiger partial charge in [0.1, 0.15) is 0 Å². The third kappa shape index (κ3) is 3.02. The Hall–Kier alpha value is -0.980. The van der Waals surface area contributed by atoms with E-state index in [-0.39, 0.29) is 12.3 Å². The Labute approximate surface area is 114 Å². The molecule has 0 aliphatic rings. The fourth-order valence-corrected chi connectivity index (χ4v) is 2.72. The minimum absolute atomic E-state index is 0.0562. The average Bonchev–Trinajstić information content (AvgIpc) is 2.70. The van der Waals surface area contributed by atoms with E-state index in [1.165, 1.54) is 28.3 Å². The summed E-state index contributed by atoms with van der Waals surface area (Å²) in [6.07, 6.45) is 2.66. The lowest BCUT2D eigenvalue weighted by atomic mass is 10.3. The summed E-state index contributed by atoms with van der Waals surface area (Å²) in [6, 6.07) is 3.50. The van der Waals surface area contributed by atoms with Crippen molar-refractivity contribution in [1.29, 1.82) is 0 Å². The summed E-state index contributed by atoms with van der Waals surface area (Å²) in [5.41, 5.74) is -0.488. The molecule has 0 amide bonds. The first-order chi connectivity index (χ1) is 8.06. The molecule has 0 radical (unpaired) electrons. The van der Waals surface area contributed by atoms with Crippen LogP contribution >= 0.6 is 38.9 Å². The second-order valence-electron chi connectivity index (χ2n) is 3.21. The number of thiophene rings is 1. The molecule has 0 aliphatic heterocycles. The van der Waals surface area contributed by atoms with Crippen molar-refractivity contribution < 1.29 is 4.79 Å². The van der Waals surface area contributed by atoms with Gasteiger partial charge in [0.05, 0.1) is 26.4 Å². The fraction of sp³-hybridized carbons (Fsp3) is 0.100. The van der Waals surface area contributed by atoms with E-state index in [9.17, 15) is 9.59 Å². The highest BCUT2D eigenvalue weighted by Crippen LogP contribution is 2.22. The number of Topliss-reactive ketones (excluding diaryl/α,β-unsaturated/α-hetero) is 1. The molecule has 88 valence electrons. The van der Waals surface area contributed by atoms with Gasteiger partial charge in [0.2, 0.25) is 0 Å². The number of rotatable bonds is 3. The summed E-state index contributed by atoms with van der Waals surface area (Å²) in [4.78, 5) is 27.4. The lowest BCUT2D eigenvalue weighted by Gasteiger charge is -2.02. The largest absolute Gasteiger partial charge is 0.348 e. The van der Waals surface area contributed by atoms with Crippen LogP contribution in [0, 0.1) is 0 Å². The molecule has 7 heteroatoms. The van der Waals surface area contributed by atoms with E-state index in [0.717, 1.165) is 3.79 Å². The molecule has 2 heterocycles. The highest BCUT2D eigenvalue weighted by molar-refractivity contribution is 9.11. The van der Waals surface area contributed by atoms with Gasteiger partial charge >= 0.3 is 5.69 Å². The Kier molecular flexibility index (Phi) is 3.76. The maximum Gasteiger partial charge on any atom is 0.348 e. The molecule has 0 spiro atoms. The maximum atomic E-state index is 11.8. The van der Waals surface area contributed by atoms with E-state index >= 15 is 0 Å². The van der Waals surface area contributed by atoms with E-state index in [0.29, 0.717) is 9.90 Å². The Morgan fingerprint density at radius 3 is 2.94 bits per heavy atom. The maximum absolute atomic E-state index is 11.8. The molecule has 0 unspecified atom stereocenters. The van der Waals surface area contributed by atoms with Gasteiger partial charge in [-0.15, -0.1) is 11.3 Å². The number of hydrogen-bond donors (Lipinski definition) is 0. The van der Waals surface area contributed by atoms with Crippen molar-refractivity contribution in [3.63, 3.8) is 0 Å². The van der Waals surface area contributed by atoms with Crippen LogP contribution in [0.3, 0.4) is 0 Å². The molecule has 2 aromatic rings. The van der Waals surface area contributed by atoms with Crippen LogP contribution in [0.4, 0.5) is 0 Å². The summed E-state index contributed by atoms with van der Waals surface area (Å²) < 4.78 is 2.07. The normalized spacial score (nSPS) is 10.5. The number of nitrogens with zero attached hydrogens (tertiary/aromatic N) is 2. The Balaban J connectivity index is 2.24. The number of aromatic nitrogens is 2. The number of halogens is 2. The van der Waals surface area contributed by atoms with Crippen LogP contribution in [0.2, 0.25) is 5.02 Å². The second-order valence-corrected chi connectivity index (χ2v) is 6.11. The van der Waals surface area contributed by atoms with Crippen LogP contribution in [0.5, 0.6) is 0 Å². The number of carbonyl (C=O) groups excluding carboxylic acids is 1. The molecule has 0 aromatic carbocycles. The van der Waals surface area contributed by atoms with Crippen molar-refractivity contribution in [1.82, 2.24) is 9.55 Å². The highest BCUT2D eigenvalue weighted by atomic mass is 79.9. The molecular weight excluding hydrogens is 328 g/mol. The zero-order chi connectivity index (χ0) is 12.4. The van der Waals surface area contributed by atoms with Gasteiger partial charge < -0.3 is 0 Å². The molecule has 2 rings (SSSR count). The van der Waals surface area contributed by atoms with Crippen LogP contribution in [-0.4, -0.2) is 15.3 Å². The Morgan fingerprint density at radius 1 is 1.53 bits per heavy atom. The highest BCUT2D eigenvalue weighted by Gasteiger charge is 2.10. The van der Waals surface area contributed by atoms with Crippen LogP contribution in [0.1, 0.15) is 9.67 Å². The van der Waals surface area contributed by atoms with E-state index in [1.54, 1.807) is 12.1 Å². The van der Waals surface area contributed by atoms with Crippen molar-refractivity contribution in [2.45, 2.75) is 6.54 Å². The predicted molar refractivity (Wildman–Crippen MR) is 69.9 cm³/mol. The van der Waals surface area contributed by atoms with Gasteiger partial charge in [-0.1, -0.05) is 11.6 Å². The van der Waals surface area contributed by atoms with Gasteiger partial charge in [-0.3, -0.25) is 9.36 Å². The van der Waals surface area contributed by atoms with E-state index in [2.05, 4.69) is 20.9 Å². The topological polar surface area (TPSA) is 52.0 Å². The zero-order valence-electron chi connectivity index (χ0n) is 8.39. The minimum atomic E-state index is -0.488. The summed E-state index contributed by atoms with van der Waals surface area (Å²) in [6.45, 7) is -0.0562. The van der Waals surface area contributed by atoms with Crippen LogP contribution < -0.4 is 5.69 Å². The first-order valence-corrected chi connectivity index (χ1v) is 6.55. The first kappa shape index (κ1) is 12.5. The third-order valence-electron chi connectivity index (χ3n) is 1.99.